The van der Waals surface area contributed by atoms with Crippen molar-refractivity contribution < 1.29 is 4.79 Å². The van der Waals surface area contributed by atoms with E-state index in [2.05, 4.69) is 5.32 Å². The van der Waals surface area contributed by atoms with Gasteiger partial charge in [-0.3, -0.25) is 4.79 Å². The molecule has 1 atom stereocenters. The first-order valence-corrected chi connectivity index (χ1v) is 4.65. The molecule has 1 N–H and O–H groups in total. The summed E-state index contributed by atoms with van der Waals surface area (Å²) in [6, 6.07) is 0. The van der Waals surface area contributed by atoms with Crippen LogP contribution in [0.1, 0.15) is 13.3 Å². The molecule has 4 heteroatoms. The lowest BCUT2D eigenvalue weighted by atomic mass is 9.96. The lowest BCUT2D eigenvalue weighted by molar-refractivity contribution is -0.132. The van der Waals surface area contributed by atoms with Gasteiger partial charge in [0, 0.05) is 38.0 Å². The Morgan fingerprint density at radius 2 is 2.23 bits per heavy atom. The van der Waals surface area contributed by atoms with E-state index in [1.54, 1.807) is 0 Å². The first kappa shape index (κ1) is 10.8. The second-order valence-electron chi connectivity index (χ2n) is 4.08. The van der Waals surface area contributed by atoms with Gasteiger partial charge in [0.1, 0.15) is 0 Å². The fourth-order valence-corrected chi connectivity index (χ4v) is 1.96. The van der Waals surface area contributed by atoms with Crippen LogP contribution in [-0.2, 0) is 4.79 Å². The van der Waals surface area contributed by atoms with E-state index in [9.17, 15) is 4.79 Å². The number of amides is 1. The number of nitrogens with zero attached hydrogens (tertiary/aromatic N) is 1. The zero-order valence-corrected chi connectivity index (χ0v) is 8.99. The molecule has 1 amide bonds. The van der Waals surface area contributed by atoms with Crippen LogP contribution in [0.4, 0.5) is 0 Å². The number of hydrogen-bond donors (Lipinski definition) is 1. The maximum Gasteiger partial charge on any atom is 0.226 e. The lowest BCUT2D eigenvalue weighted by Crippen LogP contribution is -2.47. The molecule has 3 nitrogen and oxygen atoms in total. The monoisotopic (exact) mass is 204 g/mol. The molecule has 1 heterocycles. The van der Waals surface area contributed by atoms with Gasteiger partial charge in [-0.25, -0.2) is 0 Å². The van der Waals surface area contributed by atoms with Gasteiger partial charge in [-0.2, -0.15) is 0 Å². The Labute approximate surface area is 85.3 Å². The van der Waals surface area contributed by atoms with Crippen molar-refractivity contribution in [1.82, 2.24) is 10.2 Å². The highest BCUT2D eigenvalue weighted by molar-refractivity contribution is 5.85. The van der Waals surface area contributed by atoms with Crippen LogP contribution in [-0.4, -0.2) is 37.5 Å². The van der Waals surface area contributed by atoms with E-state index in [1.807, 2.05) is 18.9 Å². The van der Waals surface area contributed by atoms with Crippen LogP contribution >= 0.6 is 12.4 Å². The van der Waals surface area contributed by atoms with Gasteiger partial charge in [0.25, 0.3) is 0 Å². The third-order valence-electron chi connectivity index (χ3n) is 3.29. The van der Waals surface area contributed by atoms with Gasteiger partial charge in [0.05, 0.1) is 0 Å². The van der Waals surface area contributed by atoms with Crippen molar-refractivity contribution >= 4 is 18.3 Å². The highest BCUT2D eigenvalue weighted by Crippen LogP contribution is 2.55. The van der Waals surface area contributed by atoms with Gasteiger partial charge in [-0.1, -0.05) is 0 Å². The molecule has 2 rings (SSSR count). The van der Waals surface area contributed by atoms with Crippen molar-refractivity contribution in [3.63, 3.8) is 0 Å². The van der Waals surface area contributed by atoms with Gasteiger partial charge in [0.2, 0.25) is 5.91 Å². The SMILES string of the molecule is CCN(C)C(=O)C1CC12CNC2.Cl. The third-order valence-corrected chi connectivity index (χ3v) is 3.29. The first-order valence-electron chi connectivity index (χ1n) is 4.65. The van der Waals surface area contributed by atoms with Gasteiger partial charge in [-0.15, -0.1) is 12.4 Å². The molecule has 0 bridgehead atoms. The summed E-state index contributed by atoms with van der Waals surface area (Å²) in [7, 11) is 1.89. The average Bonchev–Trinajstić information content (AvgIpc) is 2.75. The van der Waals surface area contributed by atoms with E-state index in [-0.39, 0.29) is 12.4 Å². The normalized spacial score (nSPS) is 27.4. The Bertz CT molecular complexity index is 216. The van der Waals surface area contributed by atoms with E-state index in [0.717, 1.165) is 26.1 Å². The van der Waals surface area contributed by atoms with Crippen LogP contribution in [0.25, 0.3) is 0 Å². The van der Waals surface area contributed by atoms with E-state index in [1.165, 1.54) is 0 Å². The molecular weight excluding hydrogens is 188 g/mol. The number of halogens is 1. The van der Waals surface area contributed by atoms with Crippen LogP contribution in [0.15, 0.2) is 0 Å². The van der Waals surface area contributed by atoms with Crippen LogP contribution < -0.4 is 5.32 Å². The summed E-state index contributed by atoms with van der Waals surface area (Å²) in [5, 5.41) is 3.23. The number of carbonyl (C=O) groups excluding carboxylic acids is 1. The Balaban J connectivity index is 0.000000845. The molecule has 2 aliphatic rings. The van der Waals surface area contributed by atoms with Crippen molar-refractivity contribution in [3.8, 4) is 0 Å². The Morgan fingerprint density at radius 3 is 2.54 bits per heavy atom. The summed E-state index contributed by atoms with van der Waals surface area (Å²) in [4.78, 5) is 13.5. The number of rotatable bonds is 2. The van der Waals surface area contributed by atoms with E-state index in [0.29, 0.717) is 17.2 Å². The van der Waals surface area contributed by atoms with Crippen LogP contribution in [0.3, 0.4) is 0 Å². The number of nitrogens with one attached hydrogen (secondary N) is 1. The summed E-state index contributed by atoms with van der Waals surface area (Å²) in [6.45, 7) is 4.97. The topological polar surface area (TPSA) is 32.3 Å². The largest absolute Gasteiger partial charge is 0.346 e. The highest BCUT2D eigenvalue weighted by Gasteiger charge is 2.61. The fourth-order valence-electron chi connectivity index (χ4n) is 1.96. The maximum absolute atomic E-state index is 11.6. The van der Waals surface area contributed by atoms with Gasteiger partial charge < -0.3 is 10.2 Å². The summed E-state index contributed by atoms with van der Waals surface area (Å²) in [5.41, 5.74) is 0.389. The van der Waals surface area contributed by atoms with Crippen molar-refractivity contribution in [1.29, 1.82) is 0 Å². The molecule has 1 unspecified atom stereocenters. The number of carbonyl (C=O) groups is 1. The second kappa shape index (κ2) is 3.46. The van der Waals surface area contributed by atoms with E-state index in [4.69, 9.17) is 0 Å². The van der Waals surface area contributed by atoms with E-state index < -0.39 is 0 Å². The zero-order valence-electron chi connectivity index (χ0n) is 8.17. The molecule has 1 saturated heterocycles. The van der Waals surface area contributed by atoms with Gasteiger partial charge in [0.15, 0.2) is 0 Å². The van der Waals surface area contributed by atoms with Gasteiger partial charge >= 0.3 is 0 Å². The van der Waals surface area contributed by atoms with Crippen molar-refractivity contribution in [2.24, 2.45) is 11.3 Å². The predicted molar refractivity (Wildman–Crippen MR) is 54.0 cm³/mol. The van der Waals surface area contributed by atoms with Crippen LogP contribution in [0, 0.1) is 11.3 Å². The van der Waals surface area contributed by atoms with Crippen molar-refractivity contribution in [2.45, 2.75) is 13.3 Å². The molecular formula is C9H17ClN2O. The minimum Gasteiger partial charge on any atom is -0.346 e. The summed E-state index contributed by atoms with van der Waals surface area (Å²) >= 11 is 0. The molecule has 1 aliphatic carbocycles. The summed E-state index contributed by atoms with van der Waals surface area (Å²) in [5.74, 6) is 0.683. The Morgan fingerprint density at radius 1 is 1.62 bits per heavy atom. The van der Waals surface area contributed by atoms with Crippen molar-refractivity contribution in [2.75, 3.05) is 26.7 Å². The zero-order chi connectivity index (χ0) is 8.77. The molecule has 13 heavy (non-hydrogen) atoms. The molecule has 0 aromatic rings. The summed E-state index contributed by atoms with van der Waals surface area (Å²) < 4.78 is 0. The smallest absolute Gasteiger partial charge is 0.226 e. The Hall–Kier alpha value is -0.280. The molecule has 0 aromatic carbocycles. The van der Waals surface area contributed by atoms with E-state index >= 15 is 0 Å². The lowest BCUT2D eigenvalue weighted by Gasteiger charge is -2.29. The Kier molecular flexibility index (Phi) is 2.88. The van der Waals surface area contributed by atoms with Crippen LogP contribution in [0.5, 0.6) is 0 Å². The number of hydrogen-bond acceptors (Lipinski definition) is 2. The van der Waals surface area contributed by atoms with Crippen molar-refractivity contribution in [3.05, 3.63) is 0 Å². The quantitative estimate of drug-likeness (QED) is 0.711. The molecule has 1 aliphatic heterocycles. The molecule has 1 saturated carbocycles. The fraction of sp³-hybridized carbons (Fsp3) is 0.889. The predicted octanol–water partition coefficient (Wildman–Crippen LogP) is 0.496. The third kappa shape index (κ3) is 1.55. The van der Waals surface area contributed by atoms with Gasteiger partial charge in [-0.05, 0) is 13.3 Å². The minimum absolute atomic E-state index is 0. The van der Waals surface area contributed by atoms with Crippen LogP contribution in [0.2, 0.25) is 0 Å². The molecule has 2 fully saturated rings. The second-order valence-corrected chi connectivity index (χ2v) is 4.08. The highest BCUT2D eigenvalue weighted by atomic mass is 35.5. The first-order chi connectivity index (χ1) is 5.69. The maximum atomic E-state index is 11.6. The molecule has 0 radical (unpaired) electrons. The minimum atomic E-state index is 0. The standard InChI is InChI=1S/C9H16N2O.ClH/c1-3-11(2)8(12)7-4-9(7)5-10-6-9;/h7,10H,3-6H2,1-2H3;1H. The summed E-state index contributed by atoms with van der Waals surface area (Å²) in [6.07, 6.45) is 1.11. The average molecular weight is 205 g/mol. The molecule has 76 valence electrons. The molecule has 0 aromatic heterocycles. The molecule has 1 spiro atoms.